The van der Waals surface area contributed by atoms with Gasteiger partial charge in [0.2, 0.25) is 0 Å². The van der Waals surface area contributed by atoms with Crippen molar-refractivity contribution in [2.45, 2.75) is 45.6 Å². The fourth-order valence-corrected chi connectivity index (χ4v) is 6.00. The van der Waals surface area contributed by atoms with Crippen LogP contribution < -0.4 is 9.80 Å². The SMILES string of the molecule is Cc1cc2c(cc1/C=C1/SC(N(c3ccccc3)c3ccccc3)=NC1=O)C(C)CC(C)(C)N2C. The average molecular weight is 482 g/mol. The minimum atomic E-state index is -0.190. The third-order valence-electron chi connectivity index (χ3n) is 7.14. The highest BCUT2D eigenvalue weighted by Gasteiger charge is 2.35. The number of para-hydroxylation sites is 2. The Hall–Kier alpha value is -3.31. The predicted molar refractivity (Wildman–Crippen MR) is 150 cm³/mol. The van der Waals surface area contributed by atoms with E-state index < -0.39 is 0 Å². The molecule has 5 heteroatoms. The molecule has 0 fully saturated rings. The fourth-order valence-electron chi connectivity index (χ4n) is 5.05. The highest BCUT2D eigenvalue weighted by atomic mass is 32.2. The van der Waals surface area contributed by atoms with Gasteiger partial charge in [-0.25, -0.2) is 0 Å². The molecule has 4 nitrogen and oxygen atoms in total. The van der Waals surface area contributed by atoms with Crippen molar-refractivity contribution in [3.05, 3.63) is 94.4 Å². The summed E-state index contributed by atoms with van der Waals surface area (Å²) in [6.07, 6.45) is 3.11. The van der Waals surface area contributed by atoms with Gasteiger partial charge in [0.1, 0.15) is 0 Å². The Morgan fingerprint density at radius 2 is 1.63 bits per heavy atom. The van der Waals surface area contributed by atoms with E-state index in [9.17, 15) is 4.79 Å². The fraction of sp³-hybridized carbons (Fsp3) is 0.267. The number of benzene rings is 3. The van der Waals surface area contributed by atoms with Gasteiger partial charge in [0.05, 0.1) is 4.91 Å². The summed E-state index contributed by atoms with van der Waals surface area (Å²) in [6.45, 7) is 9.03. The minimum absolute atomic E-state index is 0.122. The molecule has 0 aromatic heterocycles. The monoisotopic (exact) mass is 481 g/mol. The molecule has 0 saturated carbocycles. The van der Waals surface area contributed by atoms with E-state index >= 15 is 0 Å². The zero-order chi connectivity index (χ0) is 24.7. The molecule has 0 saturated heterocycles. The first kappa shape index (κ1) is 23.4. The second-order valence-electron chi connectivity index (χ2n) is 10.1. The Balaban J connectivity index is 1.50. The normalized spacial score (nSPS) is 20.1. The second-order valence-corrected chi connectivity index (χ2v) is 11.1. The lowest BCUT2D eigenvalue weighted by molar-refractivity contribution is -0.113. The number of amidine groups is 1. The van der Waals surface area contributed by atoms with Crippen LogP contribution in [0.5, 0.6) is 0 Å². The maximum Gasteiger partial charge on any atom is 0.286 e. The first-order valence-electron chi connectivity index (χ1n) is 12.1. The molecule has 3 aromatic carbocycles. The highest BCUT2D eigenvalue weighted by Crippen LogP contribution is 2.44. The predicted octanol–water partition coefficient (Wildman–Crippen LogP) is 7.53. The molecule has 1 atom stereocenters. The van der Waals surface area contributed by atoms with Crippen molar-refractivity contribution in [1.29, 1.82) is 0 Å². The summed E-state index contributed by atoms with van der Waals surface area (Å²) in [5.41, 5.74) is 6.95. The van der Waals surface area contributed by atoms with Gasteiger partial charge in [0.15, 0.2) is 5.17 Å². The number of amides is 1. The van der Waals surface area contributed by atoms with Crippen LogP contribution in [0, 0.1) is 6.92 Å². The Morgan fingerprint density at radius 3 is 2.23 bits per heavy atom. The molecule has 0 aliphatic carbocycles. The Labute approximate surface area is 212 Å². The molecule has 0 N–H and O–H groups in total. The number of thioether (sulfide) groups is 1. The lowest BCUT2D eigenvalue weighted by atomic mass is 9.79. The van der Waals surface area contributed by atoms with E-state index in [4.69, 9.17) is 0 Å². The van der Waals surface area contributed by atoms with Crippen molar-refractivity contribution in [1.82, 2.24) is 0 Å². The summed E-state index contributed by atoms with van der Waals surface area (Å²) in [4.78, 5) is 22.6. The molecule has 0 spiro atoms. The summed E-state index contributed by atoms with van der Waals surface area (Å²) in [5, 5.41) is 0.670. The number of nitrogens with zero attached hydrogens (tertiary/aromatic N) is 3. The molecule has 3 aromatic rings. The molecule has 0 radical (unpaired) electrons. The van der Waals surface area contributed by atoms with E-state index in [1.807, 2.05) is 71.6 Å². The molecule has 2 aliphatic rings. The summed E-state index contributed by atoms with van der Waals surface area (Å²) in [7, 11) is 2.18. The number of aryl methyl sites for hydroxylation is 1. The van der Waals surface area contributed by atoms with Gasteiger partial charge < -0.3 is 4.90 Å². The quantitative estimate of drug-likeness (QED) is 0.362. The molecule has 5 rings (SSSR count). The van der Waals surface area contributed by atoms with Crippen LogP contribution in [-0.4, -0.2) is 23.7 Å². The van der Waals surface area contributed by atoms with Crippen LogP contribution in [0.3, 0.4) is 0 Å². The van der Waals surface area contributed by atoms with Crippen molar-refractivity contribution in [2.24, 2.45) is 4.99 Å². The molecular formula is C30H31N3OS. The van der Waals surface area contributed by atoms with Gasteiger partial charge in [-0.2, -0.15) is 4.99 Å². The first-order valence-corrected chi connectivity index (χ1v) is 12.9. The van der Waals surface area contributed by atoms with Crippen molar-refractivity contribution in [2.75, 3.05) is 16.8 Å². The number of fused-ring (bicyclic) bond motifs is 1. The Morgan fingerprint density at radius 1 is 1.03 bits per heavy atom. The van der Waals surface area contributed by atoms with Crippen molar-refractivity contribution >= 4 is 46.0 Å². The zero-order valence-corrected chi connectivity index (χ0v) is 21.8. The van der Waals surface area contributed by atoms with Crippen LogP contribution in [0.4, 0.5) is 17.1 Å². The Bertz CT molecular complexity index is 1290. The smallest absolute Gasteiger partial charge is 0.286 e. The van der Waals surface area contributed by atoms with Gasteiger partial charge in [0.25, 0.3) is 5.91 Å². The van der Waals surface area contributed by atoms with E-state index in [-0.39, 0.29) is 11.4 Å². The molecule has 0 bridgehead atoms. The third-order valence-corrected chi connectivity index (χ3v) is 8.11. The lowest BCUT2D eigenvalue weighted by Crippen LogP contribution is -2.45. The molecule has 35 heavy (non-hydrogen) atoms. The van der Waals surface area contributed by atoms with Crippen molar-refractivity contribution < 1.29 is 4.79 Å². The number of carbonyl (C=O) groups is 1. The van der Waals surface area contributed by atoms with Crippen molar-refractivity contribution in [3.8, 4) is 0 Å². The van der Waals surface area contributed by atoms with E-state index in [0.29, 0.717) is 16.0 Å². The highest BCUT2D eigenvalue weighted by molar-refractivity contribution is 8.18. The van der Waals surface area contributed by atoms with E-state index in [1.165, 1.54) is 23.0 Å². The lowest BCUT2D eigenvalue weighted by Gasteiger charge is -2.45. The number of hydrogen-bond acceptors (Lipinski definition) is 4. The maximum absolute atomic E-state index is 13.0. The summed E-state index contributed by atoms with van der Waals surface area (Å²) in [5.74, 6) is 0.268. The van der Waals surface area contributed by atoms with Gasteiger partial charge in [0, 0.05) is 29.6 Å². The zero-order valence-electron chi connectivity index (χ0n) is 20.9. The van der Waals surface area contributed by atoms with Gasteiger partial charge in [-0.05, 0) is 104 Å². The number of anilines is 3. The minimum Gasteiger partial charge on any atom is -0.369 e. The number of hydrogen-bond donors (Lipinski definition) is 0. The number of rotatable bonds is 3. The van der Waals surface area contributed by atoms with Crippen LogP contribution in [0.15, 0.2) is 82.7 Å². The van der Waals surface area contributed by atoms with E-state index in [2.05, 4.69) is 56.8 Å². The summed E-state index contributed by atoms with van der Waals surface area (Å²) < 4.78 is 0. The van der Waals surface area contributed by atoms with Gasteiger partial charge in [-0.1, -0.05) is 43.3 Å². The molecule has 2 heterocycles. The molecular weight excluding hydrogens is 450 g/mol. The van der Waals surface area contributed by atoms with E-state index in [1.54, 1.807) is 0 Å². The summed E-state index contributed by atoms with van der Waals surface area (Å²) >= 11 is 1.44. The van der Waals surface area contributed by atoms with Gasteiger partial charge in [-0.15, -0.1) is 0 Å². The topological polar surface area (TPSA) is 35.9 Å². The Kier molecular flexibility index (Phi) is 6.06. The van der Waals surface area contributed by atoms with E-state index in [0.717, 1.165) is 28.9 Å². The largest absolute Gasteiger partial charge is 0.369 e. The third kappa shape index (κ3) is 4.41. The number of carbonyl (C=O) groups excluding carboxylic acids is 1. The number of aliphatic imine (C=N–C) groups is 1. The van der Waals surface area contributed by atoms with Crippen LogP contribution >= 0.6 is 11.8 Å². The van der Waals surface area contributed by atoms with Crippen LogP contribution in [-0.2, 0) is 4.79 Å². The van der Waals surface area contributed by atoms with Crippen LogP contribution in [0.2, 0.25) is 0 Å². The van der Waals surface area contributed by atoms with Crippen LogP contribution in [0.25, 0.3) is 6.08 Å². The summed E-state index contributed by atoms with van der Waals surface area (Å²) in [6, 6.07) is 24.7. The molecule has 1 unspecified atom stereocenters. The molecule has 1 amide bonds. The molecule has 2 aliphatic heterocycles. The first-order chi connectivity index (χ1) is 16.7. The van der Waals surface area contributed by atoms with Gasteiger partial charge >= 0.3 is 0 Å². The molecule has 178 valence electrons. The average Bonchev–Trinajstić information content (AvgIpc) is 3.19. The standard InChI is InChI=1S/C30H31N3OS/c1-20-16-26-25(21(2)19-30(3,4)32(26)5)17-22(20)18-27-28(34)31-29(35-27)33(23-12-8-6-9-13-23)24-14-10-7-11-15-24/h6-18,21H,19H2,1-5H3/b27-18+. The maximum atomic E-state index is 13.0. The second kappa shape index (κ2) is 9.04. The van der Waals surface area contributed by atoms with Crippen molar-refractivity contribution in [3.63, 3.8) is 0 Å². The van der Waals surface area contributed by atoms with Gasteiger partial charge in [-0.3, -0.25) is 9.69 Å². The van der Waals surface area contributed by atoms with Crippen LogP contribution in [0.1, 0.15) is 49.8 Å².